The summed E-state index contributed by atoms with van der Waals surface area (Å²) in [7, 11) is 0. The summed E-state index contributed by atoms with van der Waals surface area (Å²) in [6.07, 6.45) is 2.50. The number of rotatable bonds is 7. The van der Waals surface area contributed by atoms with Gasteiger partial charge in [0.2, 0.25) is 0 Å². The third kappa shape index (κ3) is 4.47. The smallest absolute Gasteiger partial charge is 0.122 e. The van der Waals surface area contributed by atoms with Crippen LogP contribution < -0.4 is 10.5 Å². The van der Waals surface area contributed by atoms with Crippen molar-refractivity contribution in [1.29, 1.82) is 5.41 Å². The Morgan fingerprint density at radius 3 is 2.76 bits per heavy atom. The fourth-order valence-corrected chi connectivity index (χ4v) is 1.68. The van der Waals surface area contributed by atoms with Crippen molar-refractivity contribution in [2.75, 3.05) is 6.61 Å². The van der Waals surface area contributed by atoms with Crippen molar-refractivity contribution in [2.24, 2.45) is 5.73 Å². The molecule has 94 valence electrons. The summed E-state index contributed by atoms with van der Waals surface area (Å²) in [6.45, 7) is 5.00. The first-order valence-electron chi connectivity index (χ1n) is 6.19. The summed E-state index contributed by atoms with van der Waals surface area (Å²) in [5, 5.41) is 7.14. The number of ether oxygens (including phenoxy) is 1. The van der Waals surface area contributed by atoms with Crippen molar-refractivity contribution < 1.29 is 4.74 Å². The van der Waals surface area contributed by atoms with Gasteiger partial charge in [-0.3, -0.25) is 5.41 Å². The minimum Gasteiger partial charge on any atom is -0.493 e. The second-order valence-electron chi connectivity index (χ2n) is 4.32. The zero-order valence-electron chi connectivity index (χ0n) is 10.7. The van der Waals surface area contributed by atoms with Crippen LogP contribution in [0.1, 0.15) is 44.6 Å². The van der Waals surface area contributed by atoms with Gasteiger partial charge in [0.1, 0.15) is 5.75 Å². The van der Waals surface area contributed by atoms with E-state index in [1.165, 1.54) is 5.56 Å². The van der Waals surface area contributed by atoms with E-state index in [1.807, 2.05) is 18.2 Å². The summed E-state index contributed by atoms with van der Waals surface area (Å²) >= 11 is 0. The van der Waals surface area contributed by atoms with Crippen molar-refractivity contribution in [1.82, 2.24) is 0 Å². The molecule has 0 amide bonds. The quantitative estimate of drug-likeness (QED) is 0.432. The van der Waals surface area contributed by atoms with E-state index in [1.54, 1.807) is 0 Å². The van der Waals surface area contributed by atoms with Crippen molar-refractivity contribution >= 4 is 5.84 Å². The Labute approximate surface area is 103 Å². The standard InChI is InChI=1S/C14H22N2O/c1-3-11(2)12-7-4-5-8-13(12)17-10-6-9-14(15)16/h4-5,7-8,11H,3,6,9-10H2,1-2H3,(H3,15,16). The Balaban J connectivity index is 2.55. The fraction of sp³-hybridized carbons (Fsp3) is 0.500. The molecule has 1 aromatic rings. The molecule has 0 heterocycles. The second-order valence-corrected chi connectivity index (χ2v) is 4.32. The van der Waals surface area contributed by atoms with Crippen LogP contribution >= 0.6 is 0 Å². The highest BCUT2D eigenvalue weighted by Crippen LogP contribution is 2.28. The zero-order chi connectivity index (χ0) is 12.7. The number of nitrogens with one attached hydrogen (secondary N) is 1. The third-order valence-corrected chi connectivity index (χ3v) is 2.91. The Morgan fingerprint density at radius 1 is 1.41 bits per heavy atom. The van der Waals surface area contributed by atoms with E-state index in [0.717, 1.165) is 18.6 Å². The maximum absolute atomic E-state index is 7.14. The van der Waals surface area contributed by atoms with E-state index in [0.29, 0.717) is 18.9 Å². The van der Waals surface area contributed by atoms with Crippen LogP contribution in [0.4, 0.5) is 0 Å². The number of amidine groups is 1. The molecule has 3 nitrogen and oxygen atoms in total. The minimum atomic E-state index is 0.226. The summed E-state index contributed by atoms with van der Waals surface area (Å²) in [5.74, 6) is 1.70. The Hall–Kier alpha value is -1.51. The predicted molar refractivity (Wildman–Crippen MR) is 71.8 cm³/mol. The lowest BCUT2D eigenvalue weighted by molar-refractivity contribution is 0.308. The molecule has 0 aliphatic heterocycles. The molecule has 0 spiro atoms. The molecule has 0 saturated heterocycles. The van der Waals surface area contributed by atoms with Crippen LogP contribution in [0.15, 0.2) is 24.3 Å². The molecule has 0 aliphatic rings. The maximum Gasteiger partial charge on any atom is 0.122 e. The zero-order valence-corrected chi connectivity index (χ0v) is 10.7. The number of hydrogen-bond donors (Lipinski definition) is 2. The van der Waals surface area contributed by atoms with E-state index >= 15 is 0 Å². The van der Waals surface area contributed by atoms with Crippen LogP contribution in [0.2, 0.25) is 0 Å². The molecular formula is C14H22N2O. The first kappa shape index (κ1) is 13.6. The molecule has 0 fully saturated rings. The minimum absolute atomic E-state index is 0.226. The van der Waals surface area contributed by atoms with Gasteiger partial charge < -0.3 is 10.5 Å². The summed E-state index contributed by atoms with van der Waals surface area (Å²) in [5.41, 5.74) is 6.56. The van der Waals surface area contributed by atoms with Crippen LogP contribution in [0.3, 0.4) is 0 Å². The van der Waals surface area contributed by atoms with Crippen molar-refractivity contribution in [3.63, 3.8) is 0 Å². The lowest BCUT2D eigenvalue weighted by Crippen LogP contribution is -2.11. The van der Waals surface area contributed by atoms with Gasteiger partial charge in [-0.2, -0.15) is 0 Å². The molecule has 1 unspecified atom stereocenters. The van der Waals surface area contributed by atoms with Crippen molar-refractivity contribution in [3.8, 4) is 5.75 Å². The highest BCUT2D eigenvalue weighted by molar-refractivity contribution is 5.76. The van der Waals surface area contributed by atoms with Gasteiger partial charge in [-0.05, 0) is 30.4 Å². The fourth-order valence-electron chi connectivity index (χ4n) is 1.68. The monoisotopic (exact) mass is 234 g/mol. The molecular weight excluding hydrogens is 212 g/mol. The highest BCUT2D eigenvalue weighted by atomic mass is 16.5. The average Bonchev–Trinajstić information content (AvgIpc) is 2.34. The molecule has 0 aliphatic carbocycles. The Morgan fingerprint density at radius 2 is 2.12 bits per heavy atom. The van der Waals surface area contributed by atoms with E-state index in [2.05, 4.69) is 19.9 Å². The molecule has 0 aromatic heterocycles. The van der Waals surface area contributed by atoms with Gasteiger partial charge in [-0.25, -0.2) is 0 Å². The van der Waals surface area contributed by atoms with Gasteiger partial charge >= 0.3 is 0 Å². The van der Waals surface area contributed by atoms with Crippen molar-refractivity contribution in [2.45, 2.75) is 39.0 Å². The lowest BCUT2D eigenvalue weighted by Gasteiger charge is -2.15. The molecule has 1 aromatic carbocycles. The third-order valence-electron chi connectivity index (χ3n) is 2.91. The normalized spacial score (nSPS) is 12.1. The van der Waals surface area contributed by atoms with E-state index in [4.69, 9.17) is 15.9 Å². The molecule has 0 bridgehead atoms. The van der Waals surface area contributed by atoms with Crippen LogP contribution in [-0.4, -0.2) is 12.4 Å². The molecule has 17 heavy (non-hydrogen) atoms. The first-order valence-corrected chi connectivity index (χ1v) is 6.19. The number of para-hydroxylation sites is 1. The average molecular weight is 234 g/mol. The van der Waals surface area contributed by atoms with E-state index < -0.39 is 0 Å². The lowest BCUT2D eigenvalue weighted by atomic mass is 9.98. The molecule has 3 N–H and O–H groups in total. The molecule has 1 rings (SSSR count). The molecule has 0 radical (unpaired) electrons. The maximum atomic E-state index is 7.14. The van der Waals surface area contributed by atoms with Gasteiger partial charge in [-0.1, -0.05) is 32.0 Å². The molecule has 3 heteroatoms. The van der Waals surface area contributed by atoms with Crippen LogP contribution in [0.5, 0.6) is 5.75 Å². The van der Waals surface area contributed by atoms with Crippen LogP contribution in [-0.2, 0) is 0 Å². The summed E-state index contributed by atoms with van der Waals surface area (Å²) in [4.78, 5) is 0. The van der Waals surface area contributed by atoms with Crippen LogP contribution in [0, 0.1) is 5.41 Å². The van der Waals surface area contributed by atoms with Gasteiger partial charge in [0.25, 0.3) is 0 Å². The largest absolute Gasteiger partial charge is 0.493 e. The highest BCUT2D eigenvalue weighted by Gasteiger charge is 2.08. The summed E-state index contributed by atoms with van der Waals surface area (Å²) in [6, 6.07) is 8.17. The van der Waals surface area contributed by atoms with E-state index in [-0.39, 0.29) is 5.84 Å². The molecule has 0 saturated carbocycles. The van der Waals surface area contributed by atoms with E-state index in [9.17, 15) is 0 Å². The Kier molecular flexibility index (Phi) is 5.53. The Bertz CT molecular complexity index is 363. The number of nitrogens with two attached hydrogens (primary N) is 1. The van der Waals surface area contributed by atoms with Gasteiger partial charge in [0.05, 0.1) is 12.4 Å². The number of hydrogen-bond acceptors (Lipinski definition) is 2. The first-order chi connectivity index (χ1) is 8.15. The van der Waals surface area contributed by atoms with Gasteiger partial charge in [0, 0.05) is 6.42 Å². The topological polar surface area (TPSA) is 59.1 Å². The molecule has 1 atom stereocenters. The van der Waals surface area contributed by atoms with Gasteiger partial charge in [0.15, 0.2) is 0 Å². The van der Waals surface area contributed by atoms with Crippen molar-refractivity contribution in [3.05, 3.63) is 29.8 Å². The summed E-state index contributed by atoms with van der Waals surface area (Å²) < 4.78 is 5.76. The van der Waals surface area contributed by atoms with Crippen LogP contribution in [0.25, 0.3) is 0 Å². The van der Waals surface area contributed by atoms with Gasteiger partial charge in [-0.15, -0.1) is 0 Å². The number of benzene rings is 1. The SMILES string of the molecule is CCC(C)c1ccccc1OCCCC(=N)N. The second kappa shape index (κ2) is 6.94. The predicted octanol–water partition coefficient (Wildman–Crippen LogP) is 3.30.